The molecule has 0 aromatic carbocycles. The van der Waals surface area contributed by atoms with Gasteiger partial charge in [-0.15, -0.1) is 0 Å². The number of carbonyl (C=O) groups is 1. The molecule has 0 amide bonds. The number of allylic oxidation sites excluding steroid dienone is 2. The van der Waals surface area contributed by atoms with Crippen molar-refractivity contribution in [2.45, 2.75) is 103 Å². The van der Waals surface area contributed by atoms with Gasteiger partial charge in [-0.2, -0.15) is 8.42 Å². The van der Waals surface area contributed by atoms with E-state index in [1.165, 1.54) is 44.9 Å². The van der Waals surface area contributed by atoms with Crippen LogP contribution in [0.3, 0.4) is 0 Å². The monoisotopic (exact) mass is 517 g/mol. The van der Waals surface area contributed by atoms with Crippen LogP contribution in [-0.4, -0.2) is 83.9 Å². The molecule has 1 aliphatic heterocycles. The molecule has 0 saturated carbocycles. The molecule has 1 heterocycles. The van der Waals surface area contributed by atoms with Gasteiger partial charge in [0, 0.05) is 6.42 Å². The van der Waals surface area contributed by atoms with Gasteiger partial charge < -0.3 is 10.2 Å². The Morgan fingerprint density at radius 3 is 2.14 bits per heavy atom. The van der Waals surface area contributed by atoms with Crippen LogP contribution < -0.4 is 0 Å². The third-order valence-corrected chi connectivity index (χ3v) is 7.45. The molecule has 2 atom stereocenters. The highest BCUT2D eigenvalue weighted by atomic mass is 32.2. The summed E-state index contributed by atoms with van der Waals surface area (Å²) in [6.07, 6.45) is 19.0. The van der Waals surface area contributed by atoms with Crippen molar-refractivity contribution in [3.8, 4) is 0 Å². The molecule has 0 aromatic rings. The first kappa shape index (κ1) is 31.9. The normalized spacial score (nSPS) is 19.4. The summed E-state index contributed by atoms with van der Waals surface area (Å²) in [5, 5.41) is 19.7. The second-order valence-electron chi connectivity index (χ2n) is 9.86. The number of amidine groups is 1. The highest BCUT2D eigenvalue weighted by Gasteiger charge is 2.43. The molecule has 1 aliphatic rings. The summed E-state index contributed by atoms with van der Waals surface area (Å²) in [5.74, 6) is -0.592. The number of Topliss-reactive ketones (excluding diaryl/α,β-unsaturated/α-hetero) is 1. The van der Waals surface area contributed by atoms with Gasteiger partial charge in [0.15, 0.2) is 0 Å². The van der Waals surface area contributed by atoms with Gasteiger partial charge in [-0.05, 0) is 32.1 Å². The van der Waals surface area contributed by atoms with Crippen LogP contribution in [0.2, 0.25) is 0 Å². The van der Waals surface area contributed by atoms with E-state index in [0.29, 0.717) is 25.3 Å². The molecule has 0 radical (unpaired) electrons. The van der Waals surface area contributed by atoms with E-state index in [1.54, 1.807) is 0 Å². The minimum absolute atomic E-state index is 0.0307. The third kappa shape index (κ3) is 14.3. The Morgan fingerprint density at radius 2 is 1.57 bits per heavy atom. The molecule has 1 rings (SSSR count). The highest BCUT2D eigenvalue weighted by molar-refractivity contribution is 7.85. The minimum atomic E-state index is -4.33. The number of unbranched alkanes of at least 4 members (excludes halogenated alkanes) is 11. The number of nitrogens with zero attached hydrogens (tertiary/aromatic N) is 2. The number of hydrogen-bond acceptors (Lipinski definition) is 6. The summed E-state index contributed by atoms with van der Waals surface area (Å²) in [6.45, 7) is 2.96. The van der Waals surface area contributed by atoms with Crippen LogP contribution >= 0.6 is 0 Å². The summed E-state index contributed by atoms with van der Waals surface area (Å²) in [7, 11) is -4.33. The Hall–Kier alpha value is -1.13. The van der Waals surface area contributed by atoms with Crippen LogP contribution in [0.25, 0.3) is 0 Å². The average molecular weight is 518 g/mol. The lowest BCUT2D eigenvalue weighted by molar-refractivity contribution is -0.837. The SMILES string of the molecule is CCCCCCCC/C=C/CCCCCCCC(=O)C1=NCC[N+]1(CCO)CC(O)CS(=O)(=O)O. The molecule has 0 aliphatic carbocycles. The van der Waals surface area contributed by atoms with Gasteiger partial charge in [-0.3, -0.25) is 13.8 Å². The van der Waals surface area contributed by atoms with E-state index >= 15 is 0 Å². The van der Waals surface area contributed by atoms with E-state index in [0.717, 1.165) is 38.5 Å². The number of rotatable bonds is 22. The summed E-state index contributed by atoms with van der Waals surface area (Å²) in [5.41, 5.74) is 0. The predicted molar refractivity (Wildman–Crippen MR) is 141 cm³/mol. The first-order valence-corrected chi connectivity index (χ1v) is 15.2. The van der Waals surface area contributed by atoms with Gasteiger partial charge in [0.25, 0.3) is 16.0 Å². The number of hydrogen-bond donors (Lipinski definition) is 3. The maximum absolute atomic E-state index is 12.8. The Balaban J connectivity index is 2.25. The molecule has 9 heteroatoms. The molecule has 3 N–H and O–H groups in total. The maximum atomic E-state index is 12.8. The first-order chi connectivity index (χ1) is 16.7. The fourth-order valence-corrected chi connectivity index (χ4v) is 5.39. The second kappa shape index (κ2) is 18.2. The van der Waals surface area contributed by atoms with Crippen molar-refractivity contribution in [1.29, 1.82) is 0 Å². The lowest BCUT2D eigenvalue weighted by atomic mass is 10.1. The van der Waals surface area contributed by atoms with Crippen molar-refractivity contribution >= 4 is 21.7 Å². The van der Waals surface area contributed by atoms with E-state index in [2.05, 4.69) is 24.1 Å². The number of aliphatic hydroxyl groups is 2. The molecule has 0 fully saturated rings. The Labute approximate surface area is 212 Å². The topological polar surface area (TPSA) is 124 Å². The number of ketones is 1. The van der Waals surface area contributed by atoms with Gasteiger partial charge in [-0.25, -0.2) is 4.99 Å². The van der Waals surface area contributed by atoms with Crippen molar-refractivity contribution in [2.24, 2.45) is 4.99 Å². The van der Waals surface area contributed by atoms with Crippen molar-refractivity contribution in [3.63, 3.8) is 0 Å². The molecular weight excluding hydrogens is 468 g/mol. The van der Waals surface area contributed by atoms with Gasteiger partial charge in [0.05, 0.1) is 13.2 Å². The van der Waals surface area contributed by atoms with E-state index in [4.69, 9.17) is 4.55 Å². The molecule has 0 spiro atoms. The van der Waals surface area contributed by atoms with Crippen LogP contribution in [0.4, 0.5) is 0 Å². The van der Waals surface area contributed by atoms with E-state index in [-0.39, 0.29) is 30.0 Å². The molecular formula is C26H49N2O6S+. The second-order valence-corrected chi connectivity index (χ2v) is 11.4. The van der Waals surface area contributed by atoms with Gasteiger partial charge >= 0.3 is 0 Å². The summed E-state index contributed by atoms with van der Waals surface area (Å²) >= 11 is 0. The lowest BCUT2D eigenvalue weighted by Crippen LogP contribution is -2.59. The van der Waals surface area contributed by atoms with Crippen LogP contribution in [0.5, 0.6) is 0 Å². The van der Waals surface area contributed by atoms with E-state index in [1.807, 2.05) is 0 Å². The van der Waals surface area contributed by atoms with Crippen LogP contribution in [0, 0.1) is 0 Å². The summed E-state index contributed by atoms with van der Waals surface area (Å²) in [4.78, 5) is 17.2. The number of aliphatic hydroxyl groups excluding tert-OH is 2. The smallest absolute Gasteiger partial charge is 0.267 e. The van der Waals surface area contributed by atoms with E-state index in [9.17, 15) is 23.4 Å². The van der Waals surface area contributed by atoms with Gasteiger partial charge in [0.1, 0.15) is 31.5 Å². The van der Waals surface area contributed by atoms with Crippen molar-refractivity contribution in [3.05, 3.63) is 12.2 Å². The van der Waals surface area contributed by atoms with Crippen LogP contribution in [-0.2, 0) is 14.9 Å². The third-order valence-electron chi connectivity index (χ3n) is 6.65. The van der Waals surface area contributed by atoms with Crippen LogP contribution in [0.15, 0.2) is 17.1 Å². The molecule has 35 heavy (non-hydrogen) atoms. The molecule has 0 saturated heterocycles. The summed E-state index contributed by atoms with van der Waals surface area (Å²) in [6, 6.07) is 0. The first-order valence-electron chi connectivity index (χ1n) is 13.6. The molecule has 204 valence electrons. The largest absolute Gasteiger partial charge is 0.390 e. The minimum Gasteiger partial charge on any atom is -0.390 e. The highest BCUT2D eigenvalue weighted by Crippen LogP contribution is 2.20. The molecule has 2 unspecified atom stereocenters. The molecule has 0 bridgehead atoms. The molecule has 8 nitrogen and oxygen atoms in total. The lowest BCUT2D eigenvalue weighted by Gasteiger charge is -2.34. The van der Waals surface area contributed by atoms with Crippen molar-refractivity contribution in [1.82, 2.24) is 0 Å². The van der Waals surface area contributed by atoms with Gasteiger partial charge in [0.2, 0.25) is 5.78 Å². The fraction of sp³-hybridized carbons (Fsp3) is 0.846. The molecule has 0 aromatic heterocycles. The Bertz CT molecular complexity index is 753. The quantitative estimate of drug-likeness (QED) is 0.0861. The number of quaternary nitrogens is 1. The van der Waals surface area contributed by atoms with E-state index < -0.39 is 22.0 Å². The Morgan fingerprint density at radius 1 is 1.00 bits per heavy atom. The average Bonchev–Trinajstić information content (AvgIpc) is 3.18. The van der Waals surface area contributed by atoms with Crippen LogP contribution in [0.1, 0.15) is 96.8 Å². The fourth-order valence-electron chi connectivity index (χ4n) is 4.80. The predicted octanol–water partition coefficient (Wildman–Crippen LogP) is 4.06. The zero-order chi connectivity index (χ0) is 26.0. The summed E-state index contributed by atoms with van der Waals surface area (Å²) < 4.78 is 31.2. The Kier molecular flexibility index (Phi) is 16.6. The number of aliphatic imine (C=N–C) groups is 1. The number of carbonyl (C=O) groups excluding carboxylic acids is 1. The standard InChI is InChI=1S/C26H48N2O6S/c1-2-3-4-5-6-7-8-9-10-11-12-13-14-15-16-17-25(31)26-27-18-19-28(26,20-21-29)22-24(30)23-35(32,33)34/h9-10,24,29-30H,2-8,11-23H2,1H3/p+1/b10-9+. The zero-order valence-corrected chi connectivity index (χ0v) is 22.6. The maximum Gasteiger partial charge on any atom is 0.267 e. The van der Waals surface area contributed by atoms with Crippen molar-refractivity contribution in [2.75, 3.05) is 38.5 Å². The van der Waals surface area contributed by atoms with Gasteiger partial charge in [-0.1, -0.05) is 70.4 Å². The zero-order valence-electron chi connectivity index (χ0n) is 21.7. The van der Waals surface area contributed by atoms with Crippen molar-refractivity contribution < 1.29 is 32.5 Å².